The fraction of sp³-hybridized carbons (Fsp3) is 1.00. The molecule has 2 fully saturated rings. The van der Waals surface area contributed by atoms with Crippen LogP contribution in [0, 0.1) is 5.92 Å². The molecule has 0 aromatic carbocycles. The van der Waals surface area contributed by atoms with E-state index in [0.717, 1.165) is 25.1 Å². The van der Waals surface area contributed by atoms with Gasteiger partial charge in [-0.1, -0.05) is 32.6 Å². The SMILES string of the molecule is CC1CCC(NCCOC2CCCCCC2)CC1. The van der Waals surface area contributed by atoms with Gasteiger partial charge < -0.3 is 10.1 Å². The van der Waals surface area contributed by atoms with E-state index in [1.807, 2.05) is 0 Å². The van der Waals surface area contributed by atoms with Gasteiger partial charge >= 0.3 is 0 Å². The van der Waals surface area contributed by atoms with Crippen LogP contribution < -0.4 is 5.32 Å². The van der Waals surface area contributed by atoms with Crippen LogP contribution in [0.3, 0.4) is 0 Å². The van der Waals surface area contributed by atoms with Crippen LogP contribution in [0.15, 0.2) is 0 Å². The lowest BCUT2D eigenvalue weighted by Gasteiger charge is -2.27. The maximum atomic E-state index is 6.01. The van der Waals surface area contributed by atoms with Crippen molar-refractivity contribution in [2.75, 3.05) is 13.2 Å². The molecule has 0 heterocycles. The molecule has 0 aliphatic heterocycles. The van der Waals surface area contributed by atoms with Crippen LogP contribution in [0.25, 0.3) is 0 Å². The maximum Gasteiger partial charge on any atom is 0.0594 e. The highest BCUT2D eigenvalue weighted by atomic mass is 16.5. The molecule has 0 spiro atoms. The van der Waals surface area contributed by atoms with Crippen molar-refractivity contribution >= 4 is 0 Å². The number of ether oxygens (including phenoxy) is 1. The molecule has 18 heavy (non-hydrogen) atoms. The van der Waals surface area contributed by atoms with Gasteiger partial charge in [0.25, 0.3) is 0 Å². The molecule has 0 aromatic heterocycles. The third-order valence-electron chi connectivity index (χ3n) is 4.71. The summed E-state index contributed by atoms with van der Waals surface area (Å²) in [5.41, 5.74) is 0. The summed E-state index contributed by atoms with van der Waals surface area (Å²) in [5, 5.41) is 3.67. The van der Waals surface area contributed by atoms with E-state index in [9.17, 15) is 0 Å². The summed E-state index contributed by atoms with van der Waals surface area (Å²) >= 11 is 0. The summed E-state index contributed by atoms with van der Waals surface area (Å²) in [4.78, 5) is 0. The Labute approximate surface area is 113 Å². The van der Waals surface area contributed by atoms with Crippen LogP contribution in [0.2, 0.25) is 0 Å². The lowest BCUT2D eigenvalue weighted by Crippen LogP contribution is -2.35. The second-order valence-electron chi connectivity index (χ2n) is 6.40. The van der Waals surface area contributed by atoms with Crippen molar-refractivity contribution in [1.29, 1.82) is 0 Å². The van der Waals surface area contributed by atoms with E-state index in [1.165, 1.54) is 64.2 Å². The molecule has 2 heteroatoms. The minimum Gasteiger partial charge on any atom is -0.377 e. The largest absolute Gasteiger partial charge is 0.377 e. The van der Waals surface area contributed by atoms with E-state index >= 15 is 0 Å². The number of rotatable bonds is 5. The quantitative estimate of drug-likeness (QED) is 0.593. The Balaban J connectivity index is 1.50. The first-order valence-corrected chi connectivity index (χ1v) is 8.19. The molecular weight excluding hydrogens is 222 g/mol. The molecule has 2 rings (SSSR count). The predicted octanol–water partition coefficient (Wildman–Crippen LogP) is 3.89. The highest BCUT2D eigenvalue weighted by Gasteiger charge is 2.17. The van der Waals surface area contributed by atoms with Crippen molar-refractivity contribution < 1.29 is 4.74 Å². The van der Waals surface area contributed by atoms with Crippen LogP contribution in [0.5, 0.6) is 0 Å². The zero-order chi connectivity index (χ0) is 12.6. The van der Waals surface area contributed by atoms with Gasteiger partial charge in [0.2, 0.25) is 0 Å². The van der Waals surface area contributed by atoms with Crippen LogP contribution in [0.4, 0.5) is 0 Å². The second kappa shape index (κ2) is 8.16. The summed E-state index contributed by atoms with van der Waals surface area (Å²) in [6, 6.07) is 0.763. The highest BCUT2D eigenvalue weighted by Crippen LogP contribution is 2.23. The summed E-state index contributed by atoms with van der Waals surface area (Å²) in [5.74, 6) is 0.949. The Hall–Kier alpha value is -0.0800. The second-order valence-corrected chi connectivity index (χ2v) is 6.40. The van der Waals surface area contributed by atoms with Gasteiger partial charge in [-0.15, -0.1) is 0 Å². The number of hydrogen-bond acceptors (Lipinski definition) is 2. The first kappa shape index (κ1) is 14.3. The normalized spacial score (nSPS) is 31.2. The van der Waals surface area contributed by atoms with Gasteiger partial charge in [0.1, 0.15) is 0 Å². The van der Waals surface area contributed by atoms with E-state index in [0.29, 0.717) is 6.10 Å². The minimum absolute atomic E-state index is 0.556. The minimum atomic E-state index is 0.556. The average Bonchev–Trinajstić information content (AvgIpc) is 2.65. The molecule has 0 saturated heterocycles. The zero-order valence-electron chi connectivity index (χ0n) is 12.1. The summed E-state index contributed by atoms with van der Waals surface area (Å²) in [6.45, 7) is 4.34. The lowest BCUT2D eigenvalue weighted by atomic mass is 9.87. The average molecular weight is 253 g/mol. The van der Waals surface area contributed by atoms with Gasteiger partial charge in [0.15, 0.2) is 0 Å². The summed E-state index contributed by atoms with van der Waals surface area (Å²) in [6.07, 6.45) is 14.3. The molecule has 0 amide bonds. The lowest BCUT2D eigenvalue weighted by molar-refractivity contribution is 0.0433. The Morgan fingerprint density at radius 2 is 1.56 bits per heavy atom. The van der Waals surface area contributed by atoms with Crippen LogP contribution >= 0.6 is 0 Å². The maximum absolute atomic E-state index is 6.01. The van der Waals surface area contributed by atoms with E-state index in [1.54, 1.807) is 0 Å². The molecular formula is C16H31NO. The number of hydrogen-bond donors (Lipinski definition) is 1. The third-order valence-corrected chi connectivity index (χ3v) is 4.71. The zero-order valence-corrected chi connectivity index (χ0v) is 12.1. The molecule has 0 radical (unpaired) electrons. The molecule has 2 nitrogen and oxygen atoms in total. The predicted molar refractivity (Wildman–Crippen MR) is 76.9 cm³/mol. The van der Waals surface area contributed by atoms with Crippen molar-refractivity contribution in [3.05, 3.63) is 0 Å². The highest BCUT2D eigenvalue weighted by molar-refractivity contribution is 4.75. The van der Waals surface area contributed by atoms with Gasteiger partial charge in [-0.05, 0) is 44.4 Å². The molecule has 2 aliphatic rings. The molecule has 0 unspecified atom stereocenters. The Morgan fingerprint density at radius 1 is 0.889 bits per heavy atom. The molecule has 2 aliphatic carbocycles. The van der Waals surface area contributed by atoms with E-state index in [-0.39, 0.29) is 0 Å². The van der Waals surface area contributed by atoms with Crippen molar-refractivity contribution in [3.8, 4) is 0 Å². The Kier molecular flexibility index (Phi) is 6.50. The van der Waals surface area contributed by atoms with Crippen molar-refractivity contribution in [2.45, 2.75) is 83.3 Å². The summed E-state index contributed by atoms with van der Waals surface area (Å²) in [7, 11) is 0. The molecule has 0 bridgehead atoms. The van der Waals surface area contributed by atoms with Crippen molar-refractivity contribution in [3.63, 3.8) is 0 Å². The van der Waals surface area contributed by atoms with Gasteiger partial charge in [-0.2, -0.15) is 0 Å². The van der Waals surface area contributed by atoms with Crippen LogP contribution in [-0.2, 0) is 4.74 Å². The van der Waals surface area contributed by atoms with Gasteiger partial charge in [0.05, 0.1) is 12.7 Å². The monoisotopic (exact) mass is 253 g/mol. The van der Waals surface area contributed by atoms with Crippen LogP contribution in [-0.4, -0.2) is 25.3 Å². The fourth-order valence-corrected chi connectivity index (χ4v) is 3.36. The molecule has 2 saturated carbocycles. The molecule has 1 N–H and O–H groups in total. The van der Waals surface area contributed by atoms with E-state index < -0.39 is 0 Å². The molecule has 0 atom stereocenters. The van der Waals surface area contributed by atoms with Gasteiger partial charge in [0, 0.05) is 12.6 Å². The summed E-state index contributed by atoms with van der Waals surface area (Å²) < 4.78 is 6.01. The smallest absolute Gasteiger partial charge is 0.0594 e. The third kappa shape index (κ3) is 5.27. The number of nitrogens with one attached hydrogen (secondary N) is 1. The van der Waals surface area contributed by atoms with Gasteiger partial charge in [-0.25, -0.2) is 0 Å². The van der Waals surface area contributed by atoms with Crippen molar-refractivity contribution in [1.82, 2.24) is 5.32 Å². The fourth-order valence-electron chi connectivity index (χ4n) is 3.36. The molecule has 106 valence electrons. The van der Waals surface area contributed by atoms with E-state index in [4.69, 9.17) is 4.74 Å². The van der Waals surface area contributed by atoms with E-state index in [2.05, 4.69) is 12.2 Å². The van der Waals surface area contributed by atoms with Gasteiger partial charge in [-0.3, -0.25) is 0 Å². The first-order valence-electron chi connectivity index (χ1n) is 8.19. The standard InChI is InChI=1S/C16H31NO/c1-14-8-10-15(11-9-14)17-12-13-18-16-6-4-2-3-5-7-16/h14-17H,2-13H2,1H3. The Morgan fingerprint density at radius 3 is 2.22 bits per heavy atom. The van der Waals surface area contributed by atoms with Crippen molar-refractivity contribution in [2.24, 2.45) is 5.92 Å². The molecule has 0 aromatic rings. The Bertz CT molecular complexity index is 203. The van der Waals surface area contributed by atoms with Crippen LogP contribution in [0.1, 0.15) is 71.1 Å². The first-order chi connectivity index (χ1) is 8.84. The topological polar surface area (TPSA) is 21.3 Å².